The largest absolute Gasteiger partial charge is 0.376 e. The summed E-state index contributed by atoms with van der Waals surface area (Å²) in [6, 6.07) is 0. The number of unbranched alkanes of at least 4 members (excludes halogenated alkanes) is 6. The molecule has 0 heterocycles. The zero-order valence-electron chi connectivity index (χ0n) is 15.1. The lowest BCUT2D eigenvalue weighted by molar-refractivity contribution is -0.0318. The average Bonchev–Trinajstić information content (AvgIpc) is 2.47. The Morgan fingerprint density at radius 3 is 2.14 bits per heavy atom. The zero-order valence-corrected chi connectivity index (χ0v) is 15.1. The van der Waals surface area contributed by atoms with E-state index in [4.69, 9.17) is 4.74 Å². The van der Waals surface area contributed by atoms with Crippen molar-refractivity contribution in [1.82, 2.24) is 0 Å². The van der Waals surface area contributed by atoms with Crippen molar-refractivity contribution in [3.05, 3.63) is 0 Å². The lowest BCUT2D eigenvalue weighted by Crippen LogP contribution is -2.25. The van der Waals surface area contributed by atoms with Crippen molar-refractivity contribution in [3.63, 3.8) is 0 Å². The van der Waals surface area contributed by atoms with Gasteiger partial charge in [0.05, 0.1) is 5.60 Å². The Kier molecular flexibility index (Phi) is 10.4. The maximum absolute atomic E-state index is 6.18. The van der Waals surface area contributed by atoms with Crippen molar-refractivity contribution in [2.24, 2.45) is 5.92 Å². The molecule has 21 heavy (non-hydrogen) atoms. The molecule has 0 bridgehead atoms. The second-order valence-electron chi connectivity index (χ2n) is 7.77. The molecule has 0 aliphatic heterocycles. The highest BCUT2D eigenvalue weighted by Gasteiger charge is 2.19. The van der Waals surface area contributed by atoms with Crippen LogP contribution < -0.4 is 0 Å². The van der Waals surface area contributed by atoms with Crippen molar-refractivity contribution in [1.29, 1.82) is 0 Å². The molecule has 0 radical (unpaired) electrons. The first kappa shape index (κ1) is 19.0. The third kappa shape index (κ3) is 10.3. The van der Waals surface area contributed by atoms with Crippen LogP contribution in [0.4, 0.5) is 0 Å². The molecular weight excluding hydrogens is 256 g/mol. The molecule has 0 spiro atoms. The van der Waals surface area contributed by atoms with Gasteiger partial charge in [-0.25, -0.2) is 0 Å². The summed E-state index contributed by atoms with van der Waals surface area (Å²) in [7, 11) is 0. The van der Waals surface area contributed by atoms with E-state index in [0.29, 0.717) is 0 Å². The van der Waals surface area contributed by atoms with E-state index >= 15 is 0 Å². The fourth-order valence-electron chi connectivity index (χ4n) is 3.56. The summed E-state index contributed by atoms with van der Waals surface area (Å²) >= 11 is 0. The quantitative estimate of drug-likeness (QED) is 0.356. The maximum Gasteiger partial charge on any atom is 0.0626 e. The van der Waals surface area contributed by atoms with Gasteiger partial charge in [0.2, 0.25) is 0 Å². The van der Waals surface area contributed by atoms with Crippen LogP contribution in [0, 0.1) is 5.92 Å². The highest BCUT2D eigenvalue weighted by molar-refractivity contribution is 4.70. The minimum atomic E-state index is 0.0953. The SMILES string of the molecule is CCCCCCCCCC(C)(C)OCCC1CCCCC1. The van der Waals surface area contributed by atoms with E-state index in [1.165, 1.54) is 89.9 Å². The molecule has 1 nitrogen and oxygen atoms in total. The van der Waals surface area contributed by atoms with E-state index in [9.17, 15) is 0 Å². The maximum atomic E-state index is 6.18. The van der Waals surface area contributed by atoms with Gasteiger partial charge in [-0.1, -0.05) is 84.0 Å². The summed E-state index contributed by atoms with van der Waals surface area (Å²) in [6.45, 7) is 7.83. The molecule has 0 aromatic rings. The van der Waals surface area contributed by atoms with Gasteiger partial charge in [-0.05, 0) is 32.6 Å². The van der Waals surface area contributed by atoms with Crippen LogP contribution in [0.1, 0.15) is 111 Å². The second kappa shape index (κ2) is 11.5. The normalized spacial score (nSPS) is 17.3. The molecule has 0 saturated heterocycles. The molecule has 0 atom stereocenters. The van der Waals surface area contributed by atoms with Gasteiger partial charge in [-0.2, -0.15) is 0 Å². The number of hydrogen-bond donors (Lipinski definition) is 0. The van der Waals surface area contributed by atoms with Crippen LogP contribution in [0.3, 0.4) is 0 Å². The van der Waals surface area contributed by atoms with Gasteiger partial charge in [0.1, 0.15) is 0 Å². The summed E-state index contributed by atoms with van der Waals surface area (Å²) in [5, 5.41) is 0. The fourth-order valence-corrected chi connectivity index (χ4v) is 3.56. The van der Waals surface area contributed by atoms with Crippen molar-refractivity contribution >= 4 is 0 Å². The van der Waals surface area contributed by atoms with Crippen molar-refractivity contribution in [2.75, 3.05) is 6.61 Å². The minimum absolute atomic E-state index is 0.0953. The van der Waals surface area contributed by atoms with Crippen LogP contribution in [0.5, 0.6) is 0 Å². The first-order valence-corrected chi connectivity index (χ1v) is 9.78. The first-order valence-electron chi connectivity index (χ1n) is 9.78. The predicted molar refractivity (Wildman–Crippen MR) is 93.8 cm³/mol. The van der Waals surface area contributed by atoms with Crippen LogP contribution in [0.15, 0.2) is 0 Å². The average molecular weight is 297 g/mol. The third-order valence-corrected chi connectivity index (χ3v) is 5.13. The Balaban J connectivity index is 1.96. The fraction of sp³-hybridized carbons (Fsp3) is 1.00. The molecule has 1 rings (SSSR count). The van der Waals surface area contributed by atoms with Crippen LogP contribution in [0.25, 0.3) is 0 Å². The lowest BCUT2D eigenvalue weighted by atomic mass is 9.87. The topological polar surface area (TPSA) is 9.23 Å². The molecule has 1 fully saturated rings. The Labute approximate surface area is 134 Å². The van der Waals surface area contributed by atoms with Crippen LogP contribution in [0.2, 0.25) is 0 Å². The predicted octanol–water partition coefficient (Wildman–Crippen LogP) is 6.89. The molecule has 1 heteroatoms. The number of ether oxygens (including phenoxy) is 1. The lowest BCUT2D eigenvalue weighted by Gasteiger charge is -2.28. The van der Waals surface area contributed by atoms with E-state index < -0.39 is 0 Å². The van der Waals surface area contributed by atoms with Gasteiger partial charge >= 0.3 is 0 Å². The molecular formula is C20H40O. The van der Waals surface area contributed by atoms with Gasteiger partial charge in [-0.15, -0.1) is 0 Å². The van der Waals surface area contributed by atoms with E-state index in [0.717, 1.165) is 12.5 Å². The van der Waals surface area contributed by atoms with Crippen LogP contribution in [-0.4, -0.2) is 12.2 Å². The van der Waals surface area contributed by atoms with E-state index in [-0.39, 0.29) is 5.60 Å². The number of rotatable bonds is 12. The smallest absolute Gasteiger partial charge is 0.0626 e. The molecule has 1 aliphatic carbocycles. The zero-order chi connectivity index (χ0) is 15.4. The summed E-state index contributed by atoms with van der Waals surface area (Å²) in [4.78, 5) is 0. The van der Waals surface area contributed by atoms with Gasteiger partial charge in [0.25, 0.3) is 0 Å². The molecule has 0 unspecified atom stereocenters. The van der Waals surface area contributed by atoms with Crippen LogP contribution >= 0.6 is 0 Å². The van der Waals surface area contributed by atoms with Crippen molar-refractivity contribution < 1.29 is 4.74 Å². The van der Waals surface area contributed by atoms with E-state index in [1.807, 2.05) is 0 Å². The van der Waals surface area contributed by atoms with Gasteiger partial charge in [0, 0.05) is 6.61 Å². The summed E-state index contributed by atoms with van der Waals surface area (Å²) in [5.41, 5.74) is 0.0953. The van der Waals surface area contributed by atoms with Crippen molar-refractivity contribution in [2.45, 2.75) is 116 Å². The molecule has 0 N–H and O–H groups in total. The first-order chi connectivity index (χ1) is 10.1. The molecule has 0 aromatic carbocycles. The highest BCUT2D eigenvalue weighted by atomic mass is 16.5. The summed E-state index contributed by atoms with van der Waals surface area (Å²) < 4.78 is 6.18. The number of hydrogen-bond acceptors (Lipinski definition) is 1. The Morgan fingerprint density at radius 1 is 0.857 bits per heavy atom. The Bertz CT molecular complexity index is 228. The molecule has 1 saturated carbocycles. The Morgan fingerprint density at radius 2 is 1.48 bits per heavy atom. The van der Waals surface area contributed by atoms with Gasteiger partial charge < -0.3 is 4.74 Å². The van der Waals surface area contributed by atoms with Crippen molar-refractivity contribution in [3.8, 4) is 0 Å². The Hall–Kier alpha value is -0.0400. The van der Waals surface area contributed by atoms with Gasteiger partial charge in [0.15, 0.2) is 0 Å². The molecule has 0 aromatic heterocycles. The summed E-state index contributed by atoms with van der Waals surface area (Å²) in [6.07, 6.45) is 19.5. The third-order valence-electron chi connectivity index (χ3n) is 5.13. The summed E-state index contributed by atoms with van der Waals surface area (Å²) in [5.74, 6) is 0.952. The van der Waals surface area contributed by atoms with Crippen LogP contribution in [-0.2, 0) is 4.74 Å². The molecule has 126 valence electrons. The highest BCUT2D eigenvalue weighted by Crippen LogP contribution is 2.27. The van der Waals surface area contributed by atoms with E-state index in [1.54, 1.807) is 0 Å². The molecule has 1 aliphatic rings. The molecule has 0 amide bonds. The standard InChI is InChI=1S/C20H40O/c1-4-5-6-7-8-9-13-17-20(2,3)21-18-16-19-14-11-10-12-15-19/h19H,4-18H2,1-3H3. The van der Waals surface area contributed by atoms with E-state index in [2.05, 4.69) is 20.8 Å². The second-order valence-corrected chi connectivity index (χ2v) is 7.77. The monoisotopic (exact) mass is 296 g/mol. The minimum Gasteiger partial charge on any atom is -0.376 e. The van der Waals surface area contributed by atoms with Gasteiger partial charge in [-0.3, -0.25) is 0 Å².